The molecule has 0 saturated heterocycles. The van der Waals surface area contributed by atoms with Crippen molar-refractivity contribution in [2.75, 3.05) is 13.2 Å². The number of ether oxygens (including phenoxy) is 2. The largest absolute Gasteiger partial charge is 0.494 e. The first kappa shape index (κ1) is 23.1. The Morgan fingerprint density at radius 3 is 2.38 bits per heavy atom. The highest BCUT2D eigenvalue weighted by molar-refractivity contribution is 5.61. The van der Waals surface area contributed by atoms with Crippen LogP contribution in [0.5, 0.6) is 11.8 Å². The van der Waals surface area contributed by atoms with Crippen molar-refractivity contribution >= 4 is 0 Å². The van der Waals surface area contributed by atoms with Crippen LogP contribution in [-0.2, 0) is 0 Å². The van der Waals surface area contributed by atoms with Crippen LogP contribution in [0.3, 0.4) is 0 Å². The van der Waals surface area contributed by atoms with Gasteiger partial charge >= 0.3 is 6.01 Å². The third-order valence-electron chi connectivity index (χ3n) is 4.73. The molecule has 160 valence electrons. The van der Waals surface area contributed by atoms with Crippen molar-refractivity contribution in [2.24, 2.45) is 0 Å². The zero-order valence-corrected chi connectivity index (χ0v) is 18.0. The van der Waals surface area contributed by atoms with E-state index in [1.54, 1.807) is 13.1 Å². The lowest BCUT2D eigenvalue weighted by molar-refractivity contribution is 0.117. The maximum Gasteiger partial charge on any atom is 0.316 e. The Morgan fingerprint density at radius 2 is 1.66 bits per heavy atom. The van der Waals surface area contributed by atoms with Crippen LogP contribution in [0.2, 0.25) is 0 Å². The minimum Gasteiger partial charge on any atom is -0.494 e. The molecule has 0 amide bonds. The molecule has 2 rings (SSSR count). The van der Waals surface area contributed by atoms with Crippen molar-refractivity contribution in [3.8, 4) is 23.0 Å². The van der Waals surface area contributed by atoms with Gasteiger partial charge in [0.05, 0.1) is 18.4 Å². The van der Waals surface area contributed by atoms with Gasteiger partial charge < -0.3 is 14.6 Å². The van der Waals surface area contributed by atoms with E-state index in [2.05, 4.69) is 16.9 Å². The van der Waals surface area contributed by atoms with Gasteiger partial charge in [0.25, 0.3) is 0 Å². The van der Waals surface area contributed by atoms with E-state index in [0.717, 1.165) is 30.0 Å². The first-order chi connectivity index (χ1) is 14.2. The fourth-order valence-electron chi connectivity index (χ4n) is 3.11. The molecule has 0 aliphatic carbocycles. The van der Waals surface area contributed by atoms with Crippen molar-refractivity contribution in [1.82, 2.24) is 9.97 Å². The second-order valence-electron chi connectivity index (χ2n) is 7.59. The van der Waals surface area contributed by atoms with Gasteiger partial charge in [-0.05, 0) is 31.5 Å². The highest BCUT2D eigenvalue weighted by Gasteiger charge is 2.06. The Balaban J connectivity index is 1.72. The molecule has 0 aliphatic heterocycles. The van der Waals surface area contributed by atoms with E-state index in [1.165, 1.54) is 51.4 Å². The molecule has 0 fully saturated rings. The molecule has 5 heteroatoms. The topological polar surface area (TPSA) is 64.5 Å². The predicted molar refractivity (Wildman–Crippen MR) is 117 cm³/mol. The number of unbranched alkanes of at least 4 members (excludes halogenated alkanes) is 8. The Labute approximate surface area is 175 Å². The van der Waals surface area contributed by atoms with Crippen molar-refractivity contribution in [3.05, 3.63) is 36.5 Å². The third-order valence-corrected chi connectivity index (χ3v) is 4.73. The van der Waals surface area contributed by atoms with Gasteiger partial charge in [0.15, 0.2) is 0 Å². The first-order valence-electron chi connectivity index (χ1n) is 11.1. The number of aliphatic hydroxyl groups excluding tert-OH is 1. The highest BCUT2D eigenvalue weighted by Crippen LogP contribution is 2.23. The number of nitrogens with zero attached hydrogens (tertiary/aromatic N) is 2. The van der Waals surface area contributed by atoms with Gasteiger partial charge in [-0.3, -0.25) is 0 Å². The Morgan fingerprint density at radius 1 is 0.931 bits per heavy atom. The first-order valence-corrected chi connectivity index (χ1v) is 11.1. The van der Waals surface area contributed by atoms with Gasteiger partial charge in [0.2, 0.25) is 0 Å². The molecule has 0 radical (unpaired) electrons. The quantitative estimate of drug-likeness (QED) is 0.382. The summed E-state index contributed by atoms with van der Waals surface area (Å²) in [6, 6.07) is 10.0. The fraction of sp³-hybridized carbons (Fsp3) is 0.583. The summed E-state index contributed by atoms with van der Waals surface area (Å²) >= 11 is 0. The van der Waals surface area contributed by atoms with Crippen LogP contribution in [0.15, 0.2) is 36.5 Å². The van der Waals surface area contributed by atoms with Crippen LogP contribution in [0, 0.1) is 0 Å². The molecule has 0 saturated carbocycles. The van der Waals surface area contributed by atoms with E-state index in [-0.39, 0.29) is 12.6 Å². The summed E-state index contributed by atoms with van der Waals surface area (Å²) in [5.41, 5.74) is 1.73. The van der Waals surface area contributed by atoms with Crippen molar-refractivity contribution in [1.29, 1.82) is 0 Å². The van der Waals surface area contributed by atoms with Gasteiger partial charge in [-0.15, -0.1) is 0 Å². The second-order valence-corrected chi connectivity index (χ2v) is 7.59. The van der Waals surface area contributed by atoms with Crippen LogP contribution in [0.1, 0.15) is 71.6 Å². The molecule has 1 heterocycles. The van der Waals surface area contributed by atoms with Crippen LogP contribution < -0.4 is 9.47 Å². The Kier molecular flexibility index (Phi) is 11.1. The number of aliphatic hydroxyl groups is 1. The molecule has 29 heavy (non-hydrogen) atoms. The Bertz CT molecular complexity index is 691. The second kappa shape index (κ2) is 13.9. The summed E-state index contributed by atoms with van der Waals surface area (Å²) < 4.78 is 11.3. The van der Waals surface area contributed by atoms with E-state index in [0.29, 0.717) is 0 Å². The molecule has 1 aromatic carbocycles. The minimum atomic E-state index is -0.556. The summed E-state index contributed by atoms with van der Waals surface area (Å²) in [5.74, 6) is 0.854. The smallest absolute Gasteiger partial charge is 0.316 e. The SMILES string of the molecule is CCCCCCCCCCCOc1cccc(-c2ccnc(OCC(C)O)n2)c1. The summed E-state index contributed by atoms with van der Waals surface area (Å²) in [7, 11) is 0. The minimum absolute atomic E-state index is 0.172. The maximum absolute atomic E-state index is 9.33. The average Bonchev–Trinajstić information content (AvgIpc) is 2.74. The van der Waals surface area contributed by atoms with Gasteiger partial charge in [-0.2, -0.15) is 4.98 Å². The van der Waals surface area contributed by atoms with E-state index in [9.17, 15) is 5.11 Å². The van der Waals surface area contributed by atoms with Gasteiger partial charge in [-0.25, -0.2) is 4.98 Å². The molecule has 1 N–H and O–H groups in total. The summed E-state index contributed by atoms with van der Waals surface area (Å²) in [5, 5.41) is 9.33. The number of aromatic nitrogens is 2. The molecule has 0 spiro atoms. The van der Waals surface area contributed by atoms with Crippen LogP contribution in [0.25, 0.3) is 11.3 Å². The number of rotatable bonds is 15. The van der Waals surface area contributed by atoms with E-state index < -0.39 is 6.10 Å². The molecule has 0 bridgehead atoms. The summed E-state index contributed by atoms with van der Waals surface area (Å²) in [4.78, 5) is 8.50. The summed E-state index contributed by atoms with van der Waals surface area (Å²) in [6.45, 7) is 4.84. The zero-order chi connectivity index (χ0) is 20.7. The van der Waals surface area contributed by atoms with Gasteiger partial charge in [0.1, 0.15) is 12.4 Å². The highest BCUT2D eigenvalue weighted by atomic mass is 16.5. The maximum atomic E-state index is 9.33. The van der Waals surface area contributed by atoms with Crippen molar-refractivity contribution < 1.29 is 14.6 Å². The molecular weight excluding hydrogens is 364 g/mol. The number of hydrogen-bond donors (Lipinski definition) is 1. The lowest BCUT2D eigenvalue weighted by Gasteiger charge is -2.09. The molecule has 2 aromatic rings. The lowest BCUT2D eigenvalue weighted by Crippen LogP contribution is -2.14. The molecule has 0 aliphatic rings. The number of benzene rings is 1. The van der Waals surface area contributed by atoms with Crippen LogP contribution >= 0.6 is 0 Å². The molecule has 1 unspecified atom stereocenters. The zero-order valence-electron chi connectivity index (χ0n) is 18.0. The predicted octanol–water partition coefficient (Wildman–Crippen LogP) is 5.81. The van der Waals surface area contributed by atoms with Gasteiger partial charge in [-0.1, -0.05) is 70.4 Å². The molecular formula is C24H36N2O3. The molecule has 1 aromatic heterocycles. The molecule has 5 nitrogen and oxygen atoms in total. The molecule has 1 atom stereocenters. The standard InChI is InChI=1S/C24H36N2O3/c1-3-4-5-6-7-8-9-10-11-17-28-22-14-12-13-21(18-22)23-15-16-25-24(26-23)29-19-20(2)27/h12-16,18,20,27H,3-11,17,19H2,1-2H3. The normalized spacial score (nSPS) is 12.0. The van der Waals surface area contributed by atoms with Gasteiger partial charge in [0, 0.05) is 11.8 Å². The summed E-state index contributed by atoms with van der Waals surface area (Å²) in [6.07, 6.45) is 12.9. The lowest BCUT2D eigenvalue weighted by atomic mass is 10.1. The van der Waals surface area contributed by atoms with Crippen molar-refractivity contribution in [2.45, 2.75) is 77.7 Å². The number of hydrogen-bond acceptors (Lipinski definition) is 5. The van der Waals surface area contributed by atoms with Crippen LogP contribution in [-0.4, -0.2) is 34.4 Å². The van der Waals surface area contributed by atoms with E-state index in [4.69, 9.17) is 9.47 Å². The monoisotopic (exact) mass is 400 g/mol. The average molecular weight is 401 g/mol. The third kappa shape index (κ3) is 9.75. The van der Waals surface area contributed by atoms with Crippen molar-refractivity contribution in [3.63, 3.8) is 0 Å². The fourth-order valence-corrected chi connectivity index (χ4v) is 3.11. The Hall–Kier alpha value is -2.14. The van der Waals surface area contributed by atoms with E-state index >= 15 is 0 Å². The van der Waals surface area contributed by atoms with E-state index in [1.807, 2.05) is 30.3 Å². The van der Waals surface area contributed by atoms with Crippen LogP contribution in [0.4, 0.5) is 0 Å².